The van der Waals surface area contributed by atoms with E-state index in [-0.39, 0.29) is 26.1 Å². The molecule has 25 heavy (non-hydrogen) atoms. The smallest absolute Gasteiger partial charge is 0.403 e. The Morgan fingerprint density at radius 1 is 1.40 bits per heavy atom. The molecule has 140 valence electrons. The van der Waals surface area contributed by atoms with Gasteiger partial charge in [-0.15, -0.1) is 0 Å². The first-order chi connectivity index (χ1) is 11.9. The molecule has 1 aromatic rings. The summed E-state index contributed by atoms with van der Waals surface area (Å²) in [6.07, 6.45) is -3.06. The number of nitrogens with one attached hydrogen (secondary N) is 2. The van der Waals surface area contributed by atoms with Gasteiger partial charge in [0.25, 0.3) is 0 Å². The average molecular weight is 362 g/mol. The number of methoxy groups -OCH3 is 1. The number of carbonyl (C=O) groups is 1. The number of rotatable bonds is 5. The van der Waals surface area contributed by atoms with Gasteiger partial charge >= 0.3 is 12.2 Å². The quantitative estimate of drug-likeness (QED) is 0.782. The molecule has 0 aliphatic carbocycles. The van der Waals surface area contributed by atoms with Crippen molar-refractivity contribution in [2.45, 2.75) is 18.6 Å². The lowest BCUT2D eigenvalue weighted by Gasteiger charge is -2.21. The summed E-state index contributed by atoms with van der Waals surface area (Å²) in [6, 6.07) is 1.16. The molecule has 1 aromatic heterocycles. The number of urea groups is 1. The summed E-state index contributed by atoms with van der Waals surface area (Å²) in [5, 5.41) is 5.04. The van der Waals surface area contributed by atoms with Crippen LogP contribution in [0, 0.1) is 0 Å². The molecule has 1 saturated heterocycles. The molecule has 2 rings (SSSR count). The van der Waals surface area contributed by atoms with Crippen molar-refractivity contribution in [1.29, 1.82) is 0 Å². The number of halogens is 3. The highest BCUT2D eigenvalue weighted by Crippen LogP contribution is 2.24. The molecule has 0 aromatic carbocycles. The number of carbonyl (C=O) groups excluding carboxylic acids is 1. The first-order valence-electron chi connectivity index (χ1n) is 7.84. The van der Waals surface area contributed by atoms with Crippen molar-refractivity contribution in [3.8, 4) is 5.88 Å². The van der Waals surface area contributed by atoms with E-state index in [1.54, 1.807) is 19.2 Å². The van der Waals surface area contributed by atoms with Crippen LogP contribution < -0.4 is 15.4 Å². The molecule has 7 nitrogen and oxygen atoms in total. The van der Waals surface area contributed by atoms with Crippen LogP contribution in [-0.2, 0) is 4.74 Å². The molecule has 10 heteroatoms. The maximum atomic E-state index is 12.7. The van der Waals surface area contributed by atoms with E-state index in [1.807, 2.05) is 0 Å². The number of nitrogens with zero attached hydrogens (tertiary/aromatic N) is 2. The van der Waals surface area contributed by atoms with Gasteiger partial charge in [0.15, 0.2) is 0 Å². The van der Waals surface area contributed by atoms with Gasteiger partial charge in [-0.3, -0.25) is 0 Å². The van der Waals surface area contributed by atoms with E-state index in [1.165, 1.54) is 11.1 Å². The largest absolute Gasteiger partial charge is 0.475 e. The number of pyridine rings is 1. The van der Waals surface area contributed by atoms with Gasteiger partial charge in [-0.05, 0) is 12.5 Å². The minimum atomic E-state index is -4.31. The second kappa shape index (κ2) is 8.86. The molecule has 1 fully saturated rings. The van der Waals surface area contributed by atoms with Gasteiger partial charge in [0.1, 0.15) is 12.6 Å². The van der Waals surface area contributed by atoms with Gasteiger partial charge in [0, 0.05) is 32.8 Å². The summed E-state index contributed by atoms with van der Waals surface area (Å²) in [5.74, 6) is 0.391. The number of hydrogen-bond acceptors (Lipinski definition) is 5. The topological polar surface area (TPSA) is 75.7 Å². The van der Waals surface area contributed by atoms with Crippen LogP contribution in [0.5, 0.6) is 5.88 Å². The molecule has 0 bridgehead atoms. The molecule has 0 spiro atoms. The Morgan fingerprint density at radius 2 is 2.20 bits per heavy atom. The standard InChI is InChI=1S/C15H21F3N4O3/c1-24-8-9-25-13-3-2-11(10-20-13)21-14(23)22-6-4-12(15(16,17)18)19-5-7-22/h2-3,10,12,19H,4-9H2,1H3,(H,21,23)/t12-/m1/s1. The Bertz CT molecular complexity index is 554. The second-order valence-corrected chi connectivity index (χ2v) is 5.48. The van der Waals surface area contributed by atoms with Crippen LogP contribution >= 0.6 is 0 Å². The molecule has 1 aliphatic heterocycles. The van der Waals surface area contributed by atoms with E-state index in [2.05, 4.69) is 15.6 Å². The van der Waals surface area contributed by atoms with Gasteiger partial charge < -0.3 is 25.0 Å². The van der Waals surface area contributed by atoms with E-state index in [4.69, 9.17) is 9.47 Å². The number of hydrogen-bond donors (Lipinski definition) is 2. The van der Waals surface area contributed by atoms with Crippen molar-refractivity contribution in [2.75, 3.05) is 45.3 Å². The maximum absolute atomic E-state index is 12.7. The van der Waals surface area contributed by atoms with Gasteiger partial charge in [-0.2, -0.15) is 13.2 Å². The summed E-state index contributed by atoms with van der Waals surface area (Å²) in [5.41, 5.74) is 0.439. The van der Waals surface area contributed by atoms with E-state index in [9.17, 15) is 18.0 Å². The lowest BCUT2D eigenvalue weighted by Crippen LogP contribution is -2.42. The van der Waals surface area contributed by atoms with Crippen LogP contribution in [0.25, 0.3) is 0 Å². The molecule has 2 amide bonds. The number of alkyl halides is 3. The van der Waals surface area contributed by atoms with Crippen molar-refractivity contribution >= 4 is 11.7 Å². The minimum Gasteiger partial charge on any atom is -0.475 e. The Labute approximate surface area is 143 Å². The third-order valence-electron chi connectivity index (χ3n) is 3.67. The average Bonchev–Trinajstić information content (AvgIpc) is 2.83. The molecule has 1 atom stereocenters. The number of anilines is 1. The zero-order chi connectivity index (χ0) is 18.3. The van der Waals surface area contributed by atoms with Crippen LogP contribution in [0.1, 0.15) is 6.42 Å². The van der Waals surface area contributed by atoms with Crippen molar-refractivity contribution in [1.82, 2.24) is 15.2 Å². The van der Waals surface area contributed by atoms with E-state index < -0.39 is 18.2 Å². The fourth-order valence-corrected chi connectivity index (χ4v) is 2.33. The van der Waals surface area contributed by atoms with Gasteiger partial charge in [-0.25, -0.2) is 9.78 Å². The Hall–Kier alpha value is -2.07. The zero-order valence-corrected chi connectivity index (χ0v) is 13.8. The molecular weight excluding hydrogens is 341 g/mol. The summed E-state index contributed by atoms with van der Waals surface area (Å²) >= 11 is 0. The minimum absolute atomic E-state index is 0.0225. The highest BCUT2D eigenvalue weighted by atomic mass is 19.4. The summed E-state index contributed by atoms with van der Waals surface area (Å²) in [6.45, 7) is 1.10. The van der Waals surface area contributed by atoms with Crippen molar-refractivity contribution in [3.63, 3.8) is 0 Å². The summed E-state index contributed by atoms with van der Waals surface area (Å²) in [4.78, 5) is 17.6. The molecule has 1 aliphatic rings. The lowest BCUT2D eigenvalue weighted by atomic mass is 10.2. The van der Waals surface area contributed by atoms with Crippen molar-refractivity contribution < 1.29 is 27.4 Å². The molecular formula is C15H21F3N4O3. The van der Waals surface area contributed by atoms with E-state index in [0.29, 0.717) is 24.8 Å². The van der Waals surface area contributed by atoms with Crippen molar-refractivity contribution in [2.24, 2.45) is 0 Å². The molecule has 0 unspecified atom stereocenters. The Kier molecular flexibility index (Phi) is 6.82. The predicted octanol–water partition coefficient (Wildman–Crippen LogP) is 1.86. The fourth-order valence-electron chi connectivity index (χ4n) is 2.33. The lowest BCUT2D eigenvalue weighted by molar-refractivity contribution is -0.156. The third kappa shape index (κ3) is 6.05. The van der Waals surface area contributed by atoms with Crippen LogP contribution in [-0.4, -0.2) is 68.1 Å². The first kappa shape index (κ1) is 19.3. The third-order valence-corrected chi connectivity index (χ3v) is 3.67. The van der Waals surface area contributed by atoms with E-state index >= 15 is 0 Å². The van der Waals surface area contributed by atoms with Gasteiger partial charge in [0.05, 0.1) is 18.5 Å². The monoisotopic (exact) mass is 362 g/mol. The molecule has 0 radical (unpaired) electrons. The number of aromatic nitrogens is 1. The number of ether oxygens (including phenoxy) is 2. The fraction of sp³-hybridized carbons (Fsp3) is 0.600. The van der Waals surface area contributed by atoms with Crippen LogP contribution in [0.3, 0.4) is 0 Å². The second-order valence-electron chi connectivity index (χ2n) is 5.48. The summed E-state index contributed by atoms with van der Waals surface area (Å²) in [7, 11) is 1.56. The van der Waals surface area contributed by atoms with Crippen LogP contribution in [0.15, 0.2) is 18.3 Å². The zero-order valence-electron chi connectivity index (χ0n) is 13.8. The Balaban J connectivity index is 1.85. The van der Waals surface area contributed by atoms with Crippen LogP contribution in [0.4, 0.5) is 23.7 Å². The summed E-state index contributed by atoms with van der Waals surface area (Å²) < 4.78 is 48.4. The maximum Gasteiger partial charge on any atom is 0.403 e. The SMILES string of the molecule is COCCOc1ccc(NC(=O)N2CCN[C@@H](C(F)(F)F)CC2)cn1. The van der Waals surface area contributed by atoms with Gasteiger partial charge in [0.2, 0.25) is 5.88 Å². The number of amides is 2. The van der Waals surface area contributed by atoms with Gasteiger partial charge in [-0.1, -0.05) is 0 Å². The highest BCUT2D eigenvalue weighted by molar-refractivity contribution is 5.89. The first-order valence-corrected chi connectivity index (χ1v) is 7.84. The molecule has 0 saturated carbocycles. The molecule has 2 heterocycles. The van der Waals surface area contributed by atoms with Crippen LogP contribution in [0.2, 0.25) is 0 Å². The predicted molar refractivity (Wildman–Crippen MR) is 84.7 cm³/mol. The normalized spacial score (nSPS) is 18.6. The van der Waals surface area contributed by atoms with Crippen molar-refractivity contribution in [3.05, 3.63) is 18.3 Å². The molecule has 2 N–H and O–H groups in total. The Morgan fingerprint density at radius 3 is 2.84 bits per heavy atom. The van der Waals surface area contributed by atoms with E-state index in [0.717, 1.165) is 0 Å². The highest BCUT2D eigenvalue weighted by Gasteiger charge is 2.40.